The van der Waals surface area contributed by atoms with Crippen molar-refractivity contribution in [3.8, 4) is 5.75 Å². The fourth-order valence-electron chi connectivity index (χ4n) is 2.41. The number of aliphatic imine (C=N–C) groups is 1. The largest absolute Gasteiger partial charge is 0.492 e. The van der Waals surface area contributed by atoms with Gasteiger partial charge in [-0.05, 0) is 31.0 Å². The number of amides is 1. The van der Waals surface area contributed by atoms with E-state index in [4.69, 9.17) is 4.74 Å². The number of halogens is 1. The van der Waals surface area contributed by atoms with E-state index in [1.54, 1.807) is 7.05 Å². The smallest absolute Gasteiger partial charge is 0.239 e. The van der Waals surface area contributed by atoms with Crippen LogP contribution in [0.15, 0.2) is 59.6 Å². The lowest BCUT2D eigenvalue weighted by Gasteiger charge is -2.12. The van der Waals surface area contributed by atoms with Crippen molar-refractivity contribution in [3.63, 3.8) is 0 Å². The summed E-state index contributed by atoms with van der Waals surface area (Å²) in [5.41, 5.74) is 2.41. The Labute approximate surface area is 184 Å². The highest BCUT2D eigenvalue weighted by atomic mass is 127. The fraction of sp³-hybridized carbons (Fsp3) is 0.333. The Hall–Kier alpha value is -2.29. The highest BCUT2D eigenvalue weighted by Crippen LogP contribution is 2.10. The van der Waals surface area contributed by atoms with Crippen LogP contribution in [0.2, 0.25) is 0 Å². The third-order valence-electron chi connectivity index (χ3n) is 3.90. The molecule has 152 valence electrons. The Bertz CT molecular complexity index is 721. The molecule has 2 aromatic carbocycles. The summed E-state index contributed by atoms with van der Waals surface area (Å²) in [6.45, 7) is 3.92. The number of nitrogens with one attached hydrogen (secondary N) is 3. The molecular weight excluding hydrogens is 467 g/mol. The Kier molecular flexibility index (Phi) is 11.7. The first kappa shape index (κ1) is 23.7. The van der Waals surface area contributed by atoms with Crippen LogP contribution in [0.4, 0.5) is 0 Å². The molecule has 0 aliphatic rings. The number of benzene rings is 2. The van der Waals surface area contributed by atoms with Crippen molar-refractivity contribution in [1.82, 2.24) is 16.0 Å². The summed E-state index contributed by atoms with van der Waals surface area (Å²) < 4.78 is 5.65. The summed E-state index contributed by atoms with van der Waals surface area (Å²) >= 11 is 0. The first-order valence-electron chi connectivity index (χ1n) is 9.12. The standard InChI is InChI=1S/C21H28N4O2.HI/c1-17-8-10-19(11-9-17)27-15-14-24-21(22-2)25-16-20(26)23-13-12-18-6-4-3-5-7-18;/h3-11H,12-16H2,1-2H3,(H,23,26)(H2,22,24,25);1H. The van der Waals surface area contributed by atoms with Crippen molar-refractivity contribution < 1.29 is 9.53 Å². The molecule has 0 saturated heterocycles. The molecule has 0 radical (unpaired) electrons. The molecule has 28 heavy (non-hydrogen) atoms. The molecule has 6 nitrogen and oxygen atoms in total. The lowest BCUT2D eigenvalue weighted by Crippen LogP contribution is -2.44. The Morgan fingerprint density at radius 3 is 2.36 bits per heavy atom. The number of hydrogen-bond donors (Lipinski definition) is 3. The number of rotatable bonds is 9. The number of aryl methyl sites for hydroxylation is 1. The highest BCUT2D eigenvalue weighted by Gasteiger charge is 2.03. The number of nitrogens with zero attached hydrogens (tertiary/aromatic N) is 1. The second kappa shape index (κ2) is 13.8. The molecule has 0 fully saturated rings. The minimum absolute atomic E-state index is 0. The summed E-state index contributed by atoms with van der Waals surface area (Å²) in [5.74, 6) is 1.34. The molecule has 7 heteroatoms. The zero-order chi connectivity index (χ0) is 19.3. The monoisotopic (exact) mass is 496 g/mol. The molecular formula is C21H29IN4O2. The van der Waals surface area contributed by atoms with Gasteiger partial charge in [0.15, 0.2) is 5.96 Å². The first-order chi connectivity index (χ1) is 13.2. The predicted molar refractivity (Wildman–Crippen MR) is 125 cm³/mol. The average molecular weight is 496 g/mol. The van der Waals surface area contributed by atoms with Crippen molar-refractivity contribution in [1.29, 1.82) is 0 Å². The van der Waals surface area contributed by atoms with Gasteiger partial charge < -0.3 is 20.7 Å². The molecule has 2 rings (SSSR count). The lowest BCUT2D eigenvalue weighted by atomic mass is 10.1. The van der Waals surface area contributed by atoms with E-state index in [-0.39, 0.29) is 36.4 Å². The van der Waals surface area contributed by atoms with E-state index < -0.39 is 0 Å². The summed E-state index contributed by atoms with van der Waals surface area (Å²) in [7, 11) is 1.67. The third-order valence-corrected chi connectivity index (χ3v) is 3.90. The summed E-state index contributed by atoms with van der Waals surface area (Å²) in [6.07, 6.45) is 0.815. The SMILES string of the molecule is CN=C(NCCOc1ccc(C)cc1)NCC(=O)NCCc1ccccc1.I. The maximum Gasteiger partial charge on any atom is 0.239 e. The van der Waals surface area contributed by atoms with E-state index >= 15 is 0 Å². The van der Waals surface area contributed by atoms with Crippen molar-refractivity contribution >= 4 is 35.8 Å². The van der Waals surface area contributed by atoms with E-state index in [1.807, 2.05) is 49.4 Å². The Balaban J connectivity index is 0.00000392. The van der Waals surface area contributed by atoms with Crippen molar-refractivity contribution in [2.24, 2.45) is 4.99 Å². The molecule has 0 aromatic heterocycles. The first-order valence-corrected chi connectivity index (χ1v) is 9.12. The van der Waals surface area contributed by atoms with E-state index in [9.17, 15) is 4.79 Å². The number of ether oxygens (including phenoxy) is 1. The van der Waals surface area contributed by atoms with Crippen LogP contribution in [-0.4, -0.2) is 45.2 Å². The predicted octanol–water partition coefficient (Wildman–Crippen LogP) is 2.52. The second-order valence-corrected chi connectivity index (χ2v) is 6.10. The number of hydrogen-bond acceptors (Lipinski definition) is 3. The van der Waals surface area contributed by atoms with Crippen LogP contribution < -0.4 is 20.7 Å². The zero-order valence-corrected chi connectivity index (χ0v) is 18.7. The van der Waals surface area contributed by atoms with Gasteiger partial charge in [0.1, 0.15) is 12.4 Å². The van der Waals surface area contributed by atoms with Crippen LogP contribution in [0.5, 0.6) is 5.75 Å². The van der Waals surface area contributed by atoms with Gasteiger partial charge in [-0.25, -0.2) is 0 Å². The molecule has 2 aromatic rings. The summed E-state index contributed by atoms with van der Waals surface area (Å²) in [6, 6.07) is 18.0. The molecule has 0 aliphatic heterocycles. The average Bonchev–Trinajstić information content (AvgIpc) is 2.69. The molecule has 0 atom stereocenters. The molecule has 0 bridgehead atoms. The van der Waals surface area contributed by atoms with Crippen LogP contribution in [0.25, 0.3) is 0 Å². The van der Waals surface area contributed by atoms with Crippen LogP contribution in [0.1, 0.15) is 11.1 Å². The molecule has 0 unspecified atom stereocenters. The zero-order valence-electron chi connectivity index (χ0n) is 16.4. The number of carbonyl (C=O) groups is 1. The van der Waals surface area contributed by atoms with Crippen LogP contribution in [0, 0.1) is 6.92 Å². The van der Waals surface area contributed by atoms with Gasteiger partial charge in [0.2, 0.25) is 5.91 Å². The maximum absolute atomic E-state index is 11.9. The molecule has 3 N–H and O–H groups in total. The van der Waals surface area contributed by atoms with Crippen molar-refractivity contribution in [3.05, 3.63) is 65.7 Å². The quantitative estimate of drug-likeness (QED) is 0.216. The van der Waals surface area contributed by atoms with E-state index in [0.29, 0.717) is 25.7 Å². The maximum atomic E-state index is 11.9. The fourth-order valence-corrected chi connectivity index (χ4v) is 2.41. The van der Waals surface area contributed by atoms with E-state index in [1.165, 1.54) is 11.1 Å². The van der Waals surface area contributed by atoms with Gasteiger partial charge in [-0.15, -0.1) is 24.0 Å². The molecule has 1 amide bonds. The van der Waals surface area contributed by atoms with Crippen LogP contribution >= 0.6 is 24.0 Å². The van der Waals surface area contributed by atoms with Gasteiger partial charge in [-0.2, -0.15) is 0 Å². The van der Waals surface area contributed by atoms with Crippen LogP contribution in [0.3, 0.4) is 0 Å². The molecule has 0 saturated carbocycles. The summed E-state index contributed by atoms with van der Waals surface area (Å²) in [4.78, 5) is 16.0. The minimum Gasteiger partial charge on any atom is -0.492 e. The number of carbonyl (C=O) groups excluding carboxylic acids is 1. The van der Waals surface area contributed by atoms with Gasteiger partial charge in [-0.3, -0.25) is 9.79 Å². The normalized spacial score (nSPS) is 10.6. The lowest BCUT2D eigenvalue weighted by molar-refractivity contribution is -0.119. The highest BCUT2D eigenvalue weighted by molar-refractivity contribution is 14.0. The second-order valence-electron chi connectivity index (χ2n) is 6.10. The Morgan fingerprint density at radius 1 is 0.964 bits per heavy atom. The van der Waals surface area contributed by atoms with Gasteiger partial charge in [0, 0.05) is 13.6 Å². The van der Waals surface area contributed by atoms with Gasteiger partial charge >= 0.3 is 0 Å². The molecule has 0 heterocycles. The third kappa shape index (κ3) is 9.59. The van der Waals surface area contributed by atoms with E-state index in [2.05, 4.69) is 33.1 Å². The topological polar surface area (TPSA) is 74.8 Å². The molecule has 0 spiro atoms. The summed E-state index contributed by atoms with van der Waals surface area (Å²) in [5, 5.41) is 9.01. The van der Waals surface area contributed by atoms with Gasteiger partial charge in [0.25, 0.3) is 0 Å². The van der Waals surface area contributed by atoms with Crippen LogP contribution in [-0.2, 0) is 11.2 Å². The van der Waals surface area contributed by atoms with Gasteiger partial charge in [-0.1, -0.05) is 48.0 Å². The number of guanidine groups is 1. The van der Waals surface area contributed by atoms with Gasteiger partial charge in [0.05, 0.1) is 13.1 Å². The Morgan fingerprint density at radius 2 is 1.68 bits per heavy atom. The van der Waals surface area contributed by atoms with Crippen molar-refractivity contribution in [2.75, 3.05) is 33.3 Å². The minimum atomic E-state index is -0.0650. The van der Waals surface area contributed by atoms with E-state index in [0.717, 1.165) is 12.2 Å². The molecule has 0 aliphatic carbocycles. The van der Waals surface area contributed by atoms with Crippen molar-refractivity contribution in [2.45, 2.75) is 13.3 Å².